The molecule has 1 unspecified atom stereocenters. The third-order valence-electron chi connectivity index (χ3n) is 5.39. The van der Waals surface area contributed by atoms with E-state index in [1.54, 1.807) is 30.5 Å². The van der Waals surface area contributed by atoms with E-state index in [2.05, 4.69) is 4.98 Å². The van der Waals surface area contributed by atoms with Crippen molar-refractivity contribution >= 4 is 24.3 Å². The van der Waals surface area contributed by atoms with Crippen LogP contribution in [-0.4, -0.2) is 51.6 Å². The molecule has 2 fully saturated rings. The van der Waals surface area contributed by atoms with Gasteiger partial charge < -0.3 is 4.74 Å². The van der Waals surface area contributed by atoms with E-state index in [0.29, 0.717) is 37.1 Å². The Labute approximate surface area is 191 Å². The highest BCUT2D eigenvalue weighted by Gasteiger charge is 2.55. The number of fused-ring (bicyclic) bond motifs is 1. The summed E-state index contributed by atoms with van der Waals surface area (Å²) < 4.78 is 69.0. The fourth-order valence-corrected chi connectivity index (χ4v) is 5.85. The fraction of sp³-hybridized carbons (Fsp3) is 0.286. The molecule has 5 rings (SSSR count). The molecule has 3 heterocycles. The smallest absolute Gasteiger partial charge is 0.419 e. The molecule has 0 N–H and O–H groups in total. The molecule has 1 aromatic heterocycles. The molecule has 178 valence electrons. The second-order valence-corrected chi connectivity index (χ2v) is 10.2. The van der Waals surface area contributed by atoms with Crippen molar-refractivity contribution in [3.63, 3.8) is 0 Å². The Hall–Kier alpha value is -3.05. The molecule has 0 radical (unpaired) electrons. The van der Waals surface area contributed by atoms with Crippen LogP contribution in [0.15, 0.2) is 54.7 Å². The van der Waals surface area contributed by atoms with Gasteiger partial charge in [0, 0.05) is 43.8 Å². The van der Waals surface area contributed by atoms with E-state index in [4.69, 9.17) is 9.26 Å². The lowest BCUT2D eigenvalue weighted by molar-refractivity contribution is -0.385. The minimum absolute atomic E-state index is 0.184. The lowest BCUT2D eigenvalue weighted by Gasteiger charge is -2.28. The second-order valence-electron chi connectivity index (χ2n) is 7.87. The number of aromatic nitrogens is 1. The van der Waals surface area contributed by atoms with Crippen LogP contribution < -0.4 is 4.74 Å². The largest absolute Gasteiger partial charge is 0.450 e. The summed E-state index contributed by atoms with van der Waals surface area (Å²) in [5, 5.41) is 12.2. The van der Waals surface area contributed by atoms with Crippen LogP contribution >= 0.6 is 7.67 Å². The molecule has 0 amide bonds. The third-order valence-corrected chi connectivity index (χ3v) is 8.10. The Morgan fingerprint density at radius 3 is 2.38 bits per heavy atom. The number of rotatable bonds is 8. The van der Waals surface area contributed by atoms with Gasteiger partial charge in [-0.15, -0.1) is 0 Å². The van der Waals surface area contributed by atoms with Gasteiger partial charge in [0.25, 0.3) is 0 Å². The van der Waals surface area contributed by atoms with Gasteiger partial charge in [-0.1, -0.05) is 6.07 Å². The fourth-order valence-electron chi connectivity index (χ4n) is 3.52. The number of ether oxygens (including phenoxy) is 1. The van der Waals surface area contributed by atoms with Gasteiger partial charge in [0.15, 0.2) is 6.10 Å². The van der Waals surface area contributed by atoms with Crippen molar-refractivity contribution in [1.29, 1.82) is 0 Å². The van der Waals surface area contributed by atoms with Crippen LogP contribution in [0.1, 0.15) is 11.7 Å². The standard InChI is InChI=1S/C21H18F3N4O5P/c22-21(23,24)20(33-34(31,26-8-9-26)27-10-11-27)15-3-6-18(28(29)30)19(13-15)32-16-4-5-17-14(12-16)2-1-7-25-17/h1-7,12-13,20H,8-11H2. The van der Waals surface area contributed by atoms with Gasteiger partial charge >= 0.3 is 19.5 Å². The number of nitro benzene ring substituents is 1. The Balaban J connectivity index is 1.52. The molecule has 0 bridgehead atoms. The highest BCUT2D eigenvalue weighted by molar-refractivity contribution is 7.54. The van der Waals surface area contributed by atoms with Gasteiger partial charge in [-0.05, 0) is 42.0 Å². The molecule has 13 heteroatoms. The summed E-state index contributed by atoms with van der Waals surface area (Å²) in [7, 11) is -3.83. The number of pyridine rings is 1. The predicted molar refractivity (Wildman–Crippen MR) is 116 cm³/mol. The predicted octanol–water partition coefficient (Wildman–Crippen LogP) is 5.29. The van der Waals surface area contributed by atoms with Crippen LogP contribution in [0.5, 0.6) is 11.5 Å². The highest BCUT2D eigenvalue weighted by Crippen LogP contribution is 2.64. The van der Waals surface area contributed by atoms with Crippen LogP contribution in [0.3, 0.4) is 0 Å². The molecule has 34 heavy (non-hydrogen) atoms. The maximum atomic E-state index is 14.0. The van der Waals surface area contributed by atoms with E-state index in [9.17, 15) is 27.9 Å². The number of alkyl halides is 3. The first-order chi connectivity index (χ1) is 16.1. The second kappa shape index (κ2) is 8.31. The first-order valence-corrected chi connectivity index (χ1v) is 11.9. The maximum absolute atomic E-state index is 14.0. The number of nitro groups is 1. The molecule has 3 aromatic rings. The summed E-state index contributed by atoms with van der Waals surface area (Å²) in [6.45, 7) is 1.52. The molecule has 0 aliphatic carbocycles. The van der Waals surface area contributed by atoms with Gasteiger partial charge in [-0.25, -0.2) is 9.34 Å². The Morgan fingerprint density at radius 2 is 1.76 bits per heavy atom. The first-order valence-electron chi connectivity index (χ1n) is 10.3. The number of hydrogen-bond donors (Lipinski definition) is 0. The molecule has 2 aliphatic rings. The Bertz CT molecular complexity index is 1300. The van der Waals surface area contributed by atoms with Crippen molar-refractivity contribution in [3.05, 3.63) is 70.4 Å². The Kier molecular flexibility index (Phi) is 5.56. The van der Waals surface area contributed by atoms with Crippen molar-refractivity contribution in [3.8, 4) is 11.5 Å². The zero-order valence-electron chi connectivity index (χ0n) is 17.5. The Morgan fingerprint density at radius 1 is 1.06 bits per heavy atom. The SMILES string of the molecule is O=[N+]([O-])c1ccc(C(OP(=O)(N2CC2)N2CC2)C(F)(F)F)cc1Oc1ccc2ncccc2c1. The molecule has 1 atom stereocenters. The summed E-state index contributed by atoms with van der Waals surface area (Å²) in [4.78, 5) is 15.0. The average Bonchev–Trinajstić information content (AvgIpc) is 3.69. The van der Waals surface area contributed by atoms with Crippen molar-refractivity contribution in [2.45, 2.75) is 12.3 Å². The zero-order chi connectivity index (χ0) is 24.1. The minimum Gasteiger partial charge on any atom is -0.450 e. The van der Waals surface area contributed by atoms with Crippen molar-refractivity contribution in [2.24, 2.45) is 0 Å². The molecule has 0 spiro atoms. The summed E-state index contributed by atoms with van der Waals surface area (Å²) in [5.41, 5.74) is -0.306. The monoisotopic (exact) mass is 494 g/mol. The third kappa shape index (κ3) is 4.49. The maximum Gasteiger partial charge on any atom is 0.419 e. The number of nitrogens with zero attached hydrogens (tertiary/aromatic N) is 4. The normalized spacial score (nSPS) is 17.5. The average molecular weight is 494 g/mol. The number of benzene rings is 2. The van der Waals surface area contributed by atoms with E-state index in [1.807, 2.05) is 0 Å². The van der Waals surface area contributed by atoms with Crippen LogP contribution in [0.4, 0.5) is 18.9 Å². The van der Waals surface area contributed by atoms with Crippen molar-refractivity contribution in [1.82, 2.24) is 14.3 Å². The molecular formula is C21H18F3N4O5P. The van der Waals surface area contributed by atoms with Crippen LogP contribution in [-0.2, 0) is 9.09 Å². The van der Waals surface area contributed by atoms with E-state index < -0.39 is 41.9 Å². The van der Waals surface area contributed by atoms with Crippen LogP contribution in [0, 0.1) is 10.1 Å². The summed E-state index contributed by atoms with van der Waals surface area (Å²) in [6.07, 6.45) is -5.86. The van der Waals surface area contributed by atoms with E-state index >= 15 is 0 Å². The highest BCUT2D eigenvalue weighted by atomic mass is 31.2. The van der Waals surface area contributed by atoms with Crippen molar-refractivity contribution < 1.29 is 31.9 Å². The summed E-state index contributed by atoms with van der Waals surface area (Å²) in [6, 6.07) is 11.0. The molecule has 2 aromatic carbocycles. The van der Waals surface area contributed by atoms with E-state index in [1.165, 1.54) is 15.4 Å². The van der Waals surface area contributed by atoms with Crippen molar-refractivity contribution in [2.75, 3.05) is 26.2 Å². The van der Waals surface area contributed by atoms with Gasteiger partial charge in [-0.3, -0.25) is 24.2 Å². The molecule has 2 saturated heterocycles. The number of hydrogen-bond acceptors (Lipinski definition) is 6. The molecule has 9 nitrogen and oxygen atoms in total. The van der Waals surface area contributed by atoms with Gasteiger partial charge in [-0.2, -0.15) is 13.2 Å². The minimum atomic E-state index is -4.91. The summed E-state index contributed by atoms with van der Waals surface area (Å²) in [5.74, 6) is -0.207. The van der Waals surface area contributed by atoms with E-state index in [0.717, 1.165) is 18.2 Å². The lowest BCUT2D eigenvalue weighted by atomic mass is 10.1. The van der Waals surface area contributed by atoms with Crippen LogP contribution in [0.2, 0.25) is 0 Å². The topological polar surface area (TPSA) is 97.6 Å². The first kappa shape index (κ1) is 22.7. The quantitative estimate of drug-likeness (QED) is 0.180. The van der Waals surface area contributed by atoms with E-state index in [-0.39, 0.29) is 5.75 Å². The van der Waals surface area contributed by atoms with Gasteiger partial charge in [0.1, 0.15) is 5.75 Å². The van der Waals surface area contributed by atoms with Gasteiger partial charge in [0.05, 0.1) is 10.4 Å². The van der Waals surface area contributed by atoms with Crippen LogP contribution in [0.25, 0.3) is 10.9 Å². The number of halogens is 3. The lowest BCUT2D eigenvalue weighted by Crippen LogP contribution is -2.25. The summed E-state index contributed by atoms with van der Waals surface area (Å²) >= 11 is 0. The zero-order valence-corrected chi connectivity index (χ0v) is 18.4. The molecule has 2 aliphatic heterocycles. The molecule has 0 saturated carbocycles. The molecular weight excluding hydrogens is 476 g/mol. The van der Waals surface area contributed by atoms with Gasteiger partial charge in [0.2, 0.25) is 5.75 Å².